The molecule has 0 radical (unpaired) electrons. The molecule has 5 nitrogen and oxygen atoms in total. The van der Waals surface area contributed by atoms with E-state index in [9.17, 15) is 13.2 Å². The summed E-state index contributed by atoms with van der Waals surface area (Å²) in [6.07, 6.45) is 0.438. The Balaban J connectivity index is 2.70. The van der Waals surface area contributed by atoms with Crippen LogP contribution in [0.25, 0.3) is 0 Å². The van der Waals surface area contributed by atoms with Gasteiger partial charge in [-0.15, -0.1) is 0 Å². The third kappa shape index (κ3) is 3.92. The smallest absolute Gasteiger partial charge is 0.328 e. The highest BCUT2D eigenvalue weighted by Crippen LogP contribution is 2.42. The van der Waals surface area contributed by atoms with E-state index >= 15 is 0 Å². The lowest BCUT2D eigenvalue weighted by atomic mass is 9.84. The maximum atomic E-state index is 13.7. The van der Waals surface area contributed by atoms with Crippen LogP contribution in [-0.2, 0) is 19.4 Å². The summed E-state index contributed by atoms with van der Waals surface area (Å²) in [6.45, 7) is 6.99. The average Bonchev–Trinajstić information content (AvgIpc) is 2.69. The minimum atomic E-state index is -4.03. The number of benzene rings is 2. The maximum absolute atomic E-state index is 13.7. The first-order valence-electron chi connectivity index (χ1n) is 9.34. The van der Waals surface area contributed by atoms with Crippen LogP contribution < -0.4 is 4.74 Å². The van der Waals surface area contributed by atoms with Crippen molar-refractivity contribution in [3.63, 3.8) is 0 Å². The Labute approximate surface area is 167 Å². The second-order valence-electron chi connectivity index (χ2n) is 6.88. The number of hydrogen-bond acceptors (Lipinski definition) is 5. The Morgan fingerprint density at radius 3 is 2.29 bits per heavy atom. The number of esters is 1. The lowest BCUT2D eigenvalue weighted by Crippen LogP contribution is -2.49. The second-order valence-corrected chi connectivity index (χ2v) is 9.21. The summed E-state index contributed by atoms with van der Waals surface area (Å²) >= 11 is 0. The van der Waals surface area contributed by atoms with Crippen molar-refractivity contribution in [3.8, 4) is 5.75 Å². The van der Waals surface area contributed by atoms with E-state index < -0.39 is 26.5 Å². The summed E-state index contributed by atoms with van der Waals surface area (Å²) in [7, 11) is -2.48. The van der Waals surface area contributed by atoms with E-state index in [1.54, 1.807) is 56.5 Å². The number of hydrogen-bond donors (Lipinski definition) is 0. The summed E-state index contributed by atoms with van der Waals surface area (Å²) in [4.78, 5) is 13.2. The zero-order valence-corrected chi connectivity index (χ0v) is 17.9. The molecule has 2 unspecified atom stereocenters. The molecule has 2 rings (SSSR count). The van der Waals surface area contributed by atoms with Crippen LogP contribution in [0.3, 0.4) is 0 Å². The first-order valence-corrected chi connectivity index (χ1v) is 10.8. The molecule has 152 valence electrons. The summed E-state index contributed by atoms with van der Waals surface area (Å²) in [6, 6.07) is 13.7. The average molecular weight is 405 g/mol. The van der Waals surface area contributed by atoms with Crippen LogP contribution in [0.5, 0.6) is 5.75 Å². The highest BCUT2D eigenvalue weighted by Gasteiger charge is 2.54. The van der Waals surface area contributed by atoms with E-state index in [2.05, 4.69) is 0 Å². The molecule has 0 bridgehead atoms. The van der Waals surface area contributed by atoms with Crippen molar-refractivity contribution in [2.75, 3.05) is 13.7 Å². The van der Waals surface area contributed by atoms with Gasteiger partial charge in [0.25, 0.3) is 0 Å². The maximum Gasteiger partial charge on any atom is 0.328 e. The molecule has 0 saturated carbocycles. The van der Waals surface area contributed by atoms with Crippen molar-refractivity contribution in [1.29, 1.82) is 0 Å². The highest BCUT2D eigenvalue weighted by molar-refractivity contribution is 7.93. The van der Waals surface area contributed by atoms with Gasteiger partial charge in [0.15, 0.2) is 14.6 Å². The van der Waals surface area contributed by atoms with Crippen LogP contribution in [0.2, 0.25) is 0 Å². The number of rotatable bonds is 8. The van der Waals surface area contributed by atoms with Gasteiger partial charge in [-0.3, -0.25) is 4.79 Å². The Bertz CT molecular complexity index is 918. The quantitative estimate of drug-likeness (QED) is 0.614. The molecule has 28 heavy (non-hydrogen) atoms. The standard InChI is InChI=1S/C22H28O5S/c1-6-20(17-9-8-10-18(15-17)26-5)22(4,21(23)27-7-2)28(24,25)19-13-11-16(3)12-14-19/h8-15,20H,6-7H2,1-5H3. The molecular weight excluding hydrogens is 376 g/mol. The van der Waals surface area contributed by atoms with Gasteiger partial charge in [0, 0.05) is 5.92 Å². The zero-order valence-electron chi connectivity index (χ0n) is 17.1. The predicted octanol–water partition coefficient (Wildman–Crippen LogP) is 4.29. The molecule has 2 aromatic rings. The molecular formula is C22H28O5S. The first kappa shape index (κ1) is 22.0. The van der Waals surface area contributed by atoms with Gasteiger partial charge in [0.2, 0.25) is 0 Å². The predicted molar refractivity (Wildman–Crippen MR) is 109 cm³/mol. The van der Waals surface area contributed by atoms with E-state index in [1.165, 1.54) is 6.92 Å². The van der Waals surface area contributed by atoms with Crippen LogP contribution >= 0.6 is 0 Å². The molecule has 2 aromatic carbocycles. The second kappa shape index (κ2) is 8.78. The van der Waals surface area contributed by atoms with Crippen molar-refractivity contribution >= 4 is 15.8 Å². The van der Waals surface area contributed by atoms with Gasteiger partial charge in [-0.25, -0.2) is 8.42 Å². The van der Waals surface area contributed by atoms with E-state index in [4.69, 9.17) is 9.47 Å². The van der Waals surface area contributed by atoms with Crippen LogP contribution in [0.1, 0.15) is 44.2 Å². The van der Waals surface area contributed by atoms with Crippen molar-refractivity contribution in [1.82, 2.24) is 0 Å². The summed E-state index contributed by atoms with van der Waals surface area (Å²) in [5.74, 6) is -0.743. The molecule has 0 aliphatic rings. The Morgan fingerprint density at radius 1 is 1.11 bits per heavy atom. The fourth-order valence-corrected chi connectivity index (χ4v) is 5.42. The molecule has 6 heteroatoms. The summed E-state index contributed by atoms with van der Waals surface area (Å²) < 4.78 is 36.1. The lowest BCUT2D eigenvalue weighted by Gasteiger charge is -2.35. The summed E-state index contributed by atoms with van der Waals surface area (Å²) in [5.41, 5.74) is 1.66. The first-order chi connectivity index (χ1) is 13.2. The molecule has 0 aliphatic carbocycles. The minimum Gasteiger partial charge on any atom is -0.497 e. The molecule has 0 amide bonds. The molecule has 0 saturated heterocycles. The van der Waals surface area contributed by atoms with Crippen LogP contribution in [-0.4, -0.2) is 32.9 Å². The van der Waals surface area contributed by atoms with Gasteiger partial charge >= 0.3 is 5.97 Å². The number of carbonyl (C=O) groups is 1. The lowest BCUT2D eigenvalue weighted by molar-refractivity contribution is -0.146. The largest absolute Gasteiger partial charge is 0.497 e. The van der Waals surface area contributed by atoms with Crippen LogP contribution in [0.15, 0.2) is 53.4 Å². The van der Waals surface area contributed by atoms with Gasteiger partial charge in [-0.1, -0.05) is 36.8 Å². The van der Waals surface area contributed by atoms with Gasteiger partial charge in [-0.05, 0) is 57.0 Å². The van der Waals surface area contributed by atoms with Crippen molar-refractivity contribution in [2.24, 2.45) is 0 Å². The van der Waals surface area contributed by atoms with Crippen molar-refractivity contribution < 1.29 is 22.7 Å². The van der Waals surface area contributed by atoms with Crippen LogP contribution in [0, 0.1) is 6.92 Å². The number of methoxy groups -OCH3 is 1. The molecule has 0 aliphatic heterocycles. The van der Waals surface area contributed by atoms with Crippen LogP contribution in [0.4, 0.5) is 0 Å². The van der Waals surface area contributed by atoms with Gasteiger partial charge in [0.1, 0.15) is 5.75 Å². The van der Waals surface area contributed by atoms with Crippen molar-refractivity contribution in [3.05, 3.63) is 59.7 Å². The van der Waals surface area contributed by atoms with E-state index in [1.807, 2.05) is 19.9 Å². The monoisotopic (exact) mass is 404 g/mol. The summed E-state index contributed by atoms with van der Waals surface area (Å²) in [5, 5.41) is 0. The molecule has 0 aromatic heterocycles. The highest BCUT2D eigenvalue weighted by atomic mass is 32.2. The number of carbonyl (C=O) groups excluding carboxylic acids is 1. The third-order valence-electron chi connectivity index (χ3n) is 5.14. The minimum absolute atomic E-state index is 0.104. The van der Waals surface area contributed by atoms with Gasteiger partial charge < -0.3 is 9.47 Å². The van der Waals surface area contributed by atoms with E-state index in [0.29, 0.717) is 17.7 Å². The zero-order chi connectivity index (χ0) is 20.9. The number of ether oxygens (including phenoxy) is 2. The Morgan fingerprint density at radius 2 is 1.75 bits per heavy atom. The van der Waals surface area contributed by atoms with Gasteiger partial charge in [-0.2, -0.15) is 0 Å². The fourth-order valence-electron chi connectivity index (χ4n) is 3.48. The number of aryl methyl sites for hydroxylation is 1. The van der Waals surface area contributed by atoms with Crippen molar-refractivity contribution in [2.45, 2.75) is 49.7 Å². The normalized spacial score (nSPS) is 14.8. The molecule has 0 heterocycles. The Hall–Kier alpha value is -2.34. The van der Waals surface area contributed by atoms with E-state index in [0.717, 1.165) is 5.56 Å². The van der Waals surface area contributed by atoms with Gasteiger partial charge in [0.05, 0.1) is 18.6 Å². The Kier molecular flexibility index (Phi) is 6.88. The SMILES string of the molecule is CCOC(=O)C(C)(C(CC)c1cccc(OC)c1)S(=O)(=O)c1ccc(C)cc1. The molecule has 0 spiro atoms. The number of sulfone groups is 1. The third-order valence-corrected chi connectivity index (χ3v) is 7.60. The molecule has 0 fully saturated rings. The molecule has 2 atom stereocenters. The molecule has 0 N–H and O–H groups in total. The van der Waals surface area contributed by atoms with E-state index in [-0.39, 0.29) is 11.5 Å². The topological polar surface area (TPSA) is 69.7 Å². The fraction of sp³-hybridized carbons (Fsp3) is 0.409.